The van der Waals surface area contributed by atoms with Crippen molar-refractivity contribution in [2.45, 2.75) is 53.0 Å². The van der Waals surface area contributed by atoms with Crippen molar-refractivity contribution in [1.29, 1.82) is 0 Å². The summed E-state index contributed by atoms with van der Waals surface area (Å²) in [5.41, 5.74) is 2.55. The van der Waals surface area contributed by atoms with Gasteiger partial charge in [-0.25, -0.2) is 64.6 Å². The topological polar surface area (TPSA) is 173 Å². The van der Waals surface area contributed by atoms with Gasteiger partial charge in [0.2, 0.25) is 11.8 Å². The molecule has 0 bridgehead atoms. The number of carbonyl (C=O) groups is 2. The van der Waals surface area contributed by atoms with Crippen molar-refractivity contribution >= 4 is 34.0 Å². The lowest BCUT2D eigenvalue weighted by atomic mass is 10.0. The van der Waals surface area contributed by atoms with Crippen LogP contribution in [0, 0.1) is 60.4 Å². The Labute approximate surface area is 474 Å². The quantitative estimate of drug-likeness (QED) is 0.0693. The van der Waals surface area contributed by atoms with E-state index in [1.165, 1.54) is 88.7 Å². The van der Waals surface area contributed by atoms with E-state index in [1.807, 2.05) is 0 Å². The van der Waals surface area contributed by atoms with Crippen molar-refractivity contribution in [3.63, 3.8) is 0 Å². The molecular formula is C62H50F8N6O8. The standard InChI is InChI=1S/2C31H25F4N3O4/c2*1-17-10-23(33)20(12-22(17)32)16-42-30-5-3-4-26(37-30)21-15-24(34)19(11-25(21)35)14-29-36-27-7-6-18(31(39)40)13-28(27)38(29)8-9-41-2/h2*3-7,10-13,15H,8-9,14,16H2,1-2H3,(H,39,40). The second-order valence-corrected chi connectivity index (χ2v) is 19.2. The van der Waals surface area contributed by atoms with Crippen molar-refractivity contribution < 1.29 is 73.9 Å². The van der Waals surface area contributed by atoms with Crippen LogP contribution in [0.4, 0.5) is 35.1 Å². The molecule has 0 radical (unpaired) electrons. The predicted octanol–water partition coefficient (Wildman–Crippen LogP) is 13.0. The first kappa shape index (κ1) is 59.1. The number of hydrogen-bond donors (Lipinski definition) is 2. The summed E-state index contributed by atoms with van der Waals surface area (Å²) in [4.78, 5) is 40.4. The molecule has 0 aliphatic carbocycles. The summed E-state index contributed by atoms with van der Waals surface area (Å²) in [5.74, 6) is -6.64. The van der Waals surface area contributed by atoms with Gasteiger partial charge < -0.3 is 38.3 Å². The molecule has 0 fully saturated rings. The molecule has 14 nitrogen and oxygen atoms in total. The van der Waals surface area contributed by atoms with Crippen molar-refractivity contribution in [3.8, 4) is 34.3 Å². The summed E-state index contributed by atoms with van der Waals surface area (Å²) in [6, 6.07) is 26.3. The third kappa shape index (κ3) is 13.4. The van der Waals surface area contributed by atoms with Crippen molar-refractivity contribution in [3.05, 3.63) is 224 Å². The zero-order valence-electron chi connectivity index (χ0n) is 45.3. The number of ether oxygens (including phenoxy) is 4. The summed E-state index contributed by atoms with van der Waals surface area (Å²) in [6.07, 6.45) is -0.141. The molecule has 4 aromatic heterocycles. The van der Waals surface area contributed by atoms with Gasteiger partial charge >= 0.3 is 11.9 Å². The van der Waals surface area contributed by atoms with Crippen LogP contribution in [-0.4, -0.2) is 78.7 Å². The molecule has 0 aliphatic heterocycles. The molecule has 2 N–H and O–H groups in total. The van der Waals surface area contributed by atoms with Gasteiger partial charge in [0.05, 0.1) is 57.8 Å². The number of halogens is 8. The minimum atomic E-state index is -1.10. The van der Waals surface area contributed by atoms with Gasteiger partial charge in [0.15, 0.2) is 0 Å². The van der Waals surface area contributed by atoms with E-state index in [1.54, 1.807) is 21.3 Å². The van der Waals surface area contributed by atoms with E-state index in [-0.39, 0.29) is 105 Å². The lowest BCUT2D eigenvalue weighted by molar-refractivity contribution is 0.0686. The number of carboxylic acid groups (broad SMARTS) is 2. The summed E-state index contributed by atoms with van der Waals surface area (Å²) in [7, 11) is 3.04. The highest BCUT2D eigenvalue weighted by Crippen LogP contribution is 2.31. The molecule has 10 rings (SSSR count). The zero-order valence-corrected chi connectivity index (χ0v) is 45.3. The Morgan fingerprint density at radius 3 is 1.21 bits per heavy atom. The maximum atomic E-state index is 15.4. The molecule has 0 saturated heterocycles. The molecular weight excluding hydrogens is 1110 g/mol. The fourth-order valence-corrected chi connectivity index (χ4v) is 9.12. The first-order valence-corrected chi connectivity index (χ1v) is 25.8. The highest BCUT2D eigenvalue weighted by molar-refractivity contribution is 5.93. The molecule has 0 saturated carbocycles. The number of imidazole rings is 2. The van der Waals surface area contributed by atoms with Gasteiger partial charge in [-0.3, -0.25) is 0 Å². The number of rotatable bonds is 20. The number of pyridine rings is 2. The normalized spacial score (nSPS) is 11.3. The summed E-state index contributed by atoms with van der Waals surface area (Å²) < 4.78 is 142. The number of hydrogen-bond acceptors (Lipinski definition) is 10. The van der Waals surface area contributed by atoms with E-state index in [0.29, 0.717) is 60.0 Å². The lowest BCUT2D eigenvalue weighted by Gasteiger charge is -2.12. The zero-order chi connectivity index (χ0) is 59.9. The maximum absolute atomic E-state index is 15.4. The largest absolute Gasteiger partial charge is 0.478 e. The van der Waals surface area contributed by atoms with Crippen LogP contribution in [0.15, 0.2) is 121 Å². The van der Waals surface area contributed by atoms with Gasteiger partial charge in [0.1, 0.15) is 71.4 Å². The van der Waals surface area contributed by atoms with E-state index in [4.69, 9.17) is 18.9 Å². The number of aromatic nitrogens is 6. The van der Waals surface area contributed by atoms with E-state index < -0.39 is 58.5 Å². The highest BCUT2D eigenvalue weighted by Gasteiger charge is 2.22. The average molecular weight is 1160 g/mol. The van der Waals surface area contributed by atoms with Crippen LogP contribution in [0.2, 0.25) is 0 Å². The first-order valence-electron chi connectivity index (χ1n) is 25.8. The Kier molecular flexibility index (Phi) is 18.1. The summed E-state index contributed by atoms with van der Waals surface area (Å²) in [6.45, 7) is 3.50. The smallest absolute Gasteiger partial charge is 0.335 e. The monoisotopic (exact) mass is 1160 g/mol. The molecule has 0 aliphatic rings. The van der Waals surface area contributed by atoms with Crippen LogP contribution in [-0.2, 0) is 48.6 Å². The van der Waals surface area contributed by atoms with Crippen molar-refractivity contribution in [2.75, 3.05) is 27.4 Å². The molecule has 0 spiro atoms. The summed E-state index contributed by atoms with van der Waals surface area (Å²) >= 11 is 0. The van der Waals surface area contributed by atoms with Gasteiger partial charge in [-0.15, -0.1) is 0 Å². The molecule has 84 heavy (non-hydrogen) atoms. The molecule has 10 aromatic rings. The van der Waals surface area contributed by atoms with Crippen LogP contribution < -0.4 is 9.47 Å². The Bertz CT molecular complexity index is 3870. The molecule has 4 heterocycles. The Balaban J connectivity index is 0.000000202. The second-order valence-electron chi connectivity index (χ2n) is 19.2. The average Bonchev–Trinajstić information content (AvgIpc) is 3.85. The fourth-order valence-electron chi connectivity index (χ4n) is 9.12. The summed E-state index contributed by atoms with van der Waals surface area (Å²) in [5, 5.41) is 18.8. The molecule has 432 valence electrons. The number of carboxylic acids is 2. The van der Waals surface area contributed by atoms with E-state index in [9.17, 15) is 37.4 Å². The van der Waals surface area contributed by atoms with Gasteiger partial charge in [0.25, 0.3) is 0 Å². The van der Waals surface area contributed by atoms with Crippen molar-refractivity contribution in [1.82, 2.24) is 29.1 Å². The number of fused-ring (bicyclic) bond motifs is 2. The van der Waals surface area contributed by atoms with Crippen molar-refractivity contribution in [2.24, 2.45) is 0 Å². The van der Waals surface area contributed by atoms with Crippen LogP contribution in [0.5, 0.6) is 11.8 Å². The third-order valence-corrected chi connectivity index (χ3v) is 13.6. The first-order chi connectivity index (χ1) is 40.3. The molecule has 6 aromatic carbocycles. The Morgan fingerprint density at radius 1 is 0.452 bits per heavy atom. The fraction of sp³-hybridized carbons (Fsp3) is 0.194. The minimum Gasteiger partial charge on any atom is -0.478 e. The molecule has 0 atom stereocenters. The number of aromatic carboxylic acids is 2. The van der Waals surface area contributed by atoms with Gasteiger partial charge in [-0.1, -0.05) is 12.1 Å². The Morgan fingerprint density at radius 2 is 0.833 bits per heavy atom. The number of nitrogens with zero attached hydrogens (tertiary/aromatic N) is 6. The minimum absolute atomic E-state index is 0.0115. The van der Waals surface area contributed by atoms with E-state index >= 15 is 17.6 Å². The van der Waals surface area contributed by atoms with Gasteiger partial charge in [-0.05, 0) is 133 Å². The lowest BCUT2D eigenvalue weighted by Crippen LogP contribution is -2.10. The van der Waals surface area contributed by atoms with Crippen LogP contribution in [0.3, 0.4) is 0 Å². The molecule has 22 heteroatoms. The Hall–Kier alpha value is -9.54. The van der Waals surface area contributed by atoms with Crippen LogP contribution in [0.1, 0.15) is 65.7 Å². The van der Waals surface area contributed by atoms with Crippen LogP contribution >= 0.6 is 0 Å². The highest BCUT2D eigenvalue weighted by atomic mass is 19.2. The molecule has 0 amide bonds. The van der Waals surface area contributed by atoms with Crippen LogP contribution in [0.25, 0.3) is 44.6 Å². The third-order valence-electron chi connectivity index (χ3n) is 13.6. The molecule has 0 unspecified atom stereocenters. The van der Waals surface area contributed by atoms with E-state index in [2.05, 4.69) is 19.9 Å². The predicted molar refractivity (Wildman–Crippen MR) is 293 cm³/mol. The van der Waals surface area contributed by atoms with E-state index in [0.717, 1.165) is 48.5 Å². The second kappa shape index (κ2) is 25.7. The number of methoxy groups -OCH3 is 2. The van der Waals surface area contributed by atoms with Gasteiger partial charge in [0, 0.05) is 74.5 Å². The number of benzene rings is 6. The maximum Gasteiger partial charge on any atom is 0.335 e. The van der Waals surface area contributed by atoms with Gasteiger partial charge in [-0.2, -0.15) is 0 Å². The number of aryl methyl sites for hydroxylation is 2. The SMILES string of the molecule is COCCn1c(Cc2cc(F)c(-c3cccc(OCc4cc(F)c(C)cc4F)n3)cc2F)nc2ccc(C(=O)O)cc21.COCCn1c(Cc2cc(F)c(-c3cccc(OCc4cc(F)c(C)cc4F)n3)cc2F)nc2ccc(C(=O)O)cc21.